The molecule has 0 N–H and O–H groups in total. The van der Waals surface area contributed by atoms with Crippen LogP contribution in [0.1, 0.15) is 13.3 Å². The third-order valence-electron chi connectivity index (χ3n) is 1.71. The average molecular weight is 159 g/mol. The van der Waals surface area contributed by atoms with Crippen LogP contribution in [-0.4, -0.2) is 6.21 Å². The van der Waals surface area contributed by atoms with Gasteiger partial charge in [0.2, 0.25) is 0 Å². The number of rotatable bonds is 2. The quantitative estimate of drug-likeness (QED) is 0.549. The summed E-state index contributed by atoms with van der Waals surface area (Å²) in [4.78, 5) is 4.22. The largest absolute Gasteiger partial charge is 0.261 e. The van der Waals surface area contributed by atoms with Crippen molar-refractivity contribution in [3.8, 4) is 0 Å². The molecule has 0 bridgehead atoms. The van der Waals surface area contributed by atoms with Crippen molar-refractivity contribution in [3.63, 3.8) is 0 Å². The molecule has 0 aromatic carbocycles. The molecule has 1 rings (SSSR count). The summed E-state index contributed by atoms with van der Waals surface area (Å²) in [6.07, 6.45) is 8.60. The molecule has 1 heteroatoms. The molecule has 0 saturated heterocycles. The molecule has 62 valence electrons. The Bertz CT molecular complexity index is 290. The van der Waals surface area contributed by atoms with Gasteiger partial charge in [0.05, 0.1) is 5.70 Å². The van der Waals surface area contributed by atoms with Crippen LogP contribution in [0, 0.1) is 0 Å². The van der Waals surface area contributed by atoms with Gasteiger partial charge in [-0.2, -0.15) is 0 Å². The van der Waals surface area contributed by atoms with Gasteiger partial charge in [0.1, 0.15) is 0 Å². The molecule has 0 unspecified atom stereocenters. The van der Waals surface area contributed by atoms with Gasteiger partial charge in [-0.05, 0) is 30.6 Å². The number of nitrogens with zero attached hydrogens (tertiary/aromatic N) is 1. The number of hydrogen-bond donors (Lipinski definition) is 0. The zero-order chi connectivity index (χ0) is 8.97. The van der Waals surface area contributed by atoms with Crippen LogP contribution >= 0.6 is 0 Å². The first-order chi connectivity index (χ1) is 5.77. The average Bonchev–Trinajstić information content (AvgIpc) is 2.05. The molecule has 0 aromatic rings. The summed E-state index contributed by atoms with van der Waals surface area (Å²) < 4.78 is 0. The van der Waals surface area contributed by atoms with Crippen molar-refractivity contribution in [2.75, 3.05) is 0 Å². The Kier molecular flexibility index (Phi) is 2.81. The third kappa shape index (κ3) is 1.82. The van der Waals surface area contributed by atoms with Crippen molar-refractivity contribution in [1.82, 2.24) is 0 Å². The highest BCUT2D eigenvalue weighted by molar-refractivity contribution is 5.59. The molecule has 0 radical (unpaired) electrons. The lowest BCUT2D eigenvalue weighted by atomic mass is 10.0. The predicted molar refractivity (Wildman–Crippen MR) is 54.3 cm³/mol. The van der Waals surface area contributed by atoms with Crippen LogP contribution in [0.15, 0.2) is 53.2 Å². The van der Waals surface area contributed by atoms with Crippen LogP contribution in [0.2, 0.25) is 0 Å². The lowest BCUT2D eigenvalue weighted by molar-refractivity contribution is 1.18. The van der Waals surface area contributed by atoms with Crippen molar-refractivity contribution in [1.29, 1.82) is 0 Å². The molecule has 1 aliphatic carbocycles. The highest BCUT2D eigenvalue weighted by Crippen LogP contribution is 2.22. The summed E-state index contributed by atoms with van der Waals surface area (Å²) in [6.45, 7) is 9.52. The molecular formula is C11H13N. The summed E-state index contributed by atoms with van der Waals surface area (Å²) in [5.41, 5.74) is 3.16. The molecule has 12 heavy (non-hydrogen) atoms. The van der Waals surface area contributed by atoms with Crippen molar-refractivity contribution in [2.24, 2.45) is 4.99 Å². The molecule has 0 heterocycles. The van der Waals surface area contributed by atoms with Crippen LogP contribution in [0.25, 0.3) is 0 Å². The smallest absolute Gasteiger partial charge is 0.0697 e. The first-order valence-electron chi connectivity index (χ1n) is 3.99. The predicted octanol–water partition coefficient (Wildman–Crippen LogP) is 3.03. The van der Waals surface area contributed by atoms with Crippen LogP contribution in [-0.2, 0) is 0 Å². The van der Waals surface area contributed by atoms with Crippen molar-refractivity contribution in [2.45, 2.75) is 13.3 Å². The van der Waals surface area contributed by atoms with E-state index < -0.39 is 0 Å². The second-order valence-corrected chi connectivity index (χ2v) is 2.64. The van der Waals surface area contributed by atoms with E-state index in [0.29, 0.717) is 0 Å². The fraction of sp³-hybridized carbons (Fsp3) is 0.182. The van der Waals surface area contributed by atoms with E-state index in [1.165, 1.54) is 0 Å². The number of aliphatic imine (C=N–C) groups is 1. The molecule has 0 saturated carbocycles. The summed E-state index contributed by atoms with van der Waals surface area (Å²) in [7, 11) is 0. The van der Waals surface area contributed by atoms with Crippen molar-refractivity contribution >= 4 is 6.21 Å². The summed E-state index contributed by atoms with van der Waals surface area (Å²) in [6, 6.07) is 0. The standard InChI is InChI=1S/C11H13N/c1-4-10-7-6-9(3)8-11(10)12-5-2/h4-5,7-8H,1,3,6H2,2H3. The number of hydrogen-bond acceptors (Lipinski definition) is 1. The first kappa shape index (κ1) is 8.72. The molecule has 0 amide bonds. The second-order valence-electron chi connectivity index (χ2n) is 2.64. The summed E-state index contributed by atoms with van der Waals surface area (Å²) >= 11 is 0. The van der Waals surface area contributed by atoms with Crippen LogP contribution in [0.3, 0.4) is 0 Å². The maximum Gasteiger partial charge on any atom is 0.0697 e. The van der Waals surface area contributed by atoms with Gasteiger partial charge in [-0.1, -0.05) is 25.3 Å². The maximum absolute atomic E-state index is 4.22. The lowest BCUT2D eigenvalue weighted by Gasteiger charge is -2.09. The summed E-state index contributed by atoms with van der Waals surface area (Å²) in [5, 5.41) is 0. The van der Waals surface area contributed by atoms with Gasteiger partial charge in [0.25, 0.3) is 0 Å². The molecule has 0 fully saturated rings. The lowest BCUT2D eigenvalue weighted by Crippen LogP contribution is -1.91. The fourth-order valence-electron chi connectivity index (χ4n) is 1.12. The van der Waals surface area contributed by atoms with E-state index in [2.05, 4.69) is 24.2 Å². The molecule has 0 atom stereocenters. The van der Waals surface area contributed by atoms with E-state index in [1.807, 2.05) is 19.1 Å². The first-order valence-corrected chi connectivity index (χ1v) is 3.99. The minimum Gasteiger partial charge on any atom is -0.261 e. The van der Waals surface area contributed by atoms with Crippen LogP contribution in [0.4, 0.5) is 0 Å². The van der Waals surface area contributed by atoms with E-state index in [9.17, 15) is 0 Å². The normalized spacial score (nSPS) is 17.6. The van der Waals surface area contributed by atoms with Crippen molar-refractivity contribution in [3.05, 3.63) is 48.2 Å². The molecule has 1 aliphatic rings. The minimum absolute atomic E-state index is 0.907. The zero-order valence-electron chi connectivity index (χ0n) is 7.38. The van der Waals surface area contributed by atoms with Gasteiger partial charge in [0, 0.05) is 6.21 Å². The minimum atomic E-state index is 0.907. The summed E-state index contributed by atoms with van der Waals surface area (Å²) in [5.74, 6) is 0. The highest BCUT2D eigenvalue weighted by atomic mass is 14.7. The molecule has 0 aromatic heterocycles. The monoisotopic (exact) mass is 159 g/mol. The topological polar surface area (TPSA) is 12.4 Å². The second kappa shape index (κ2) is 3.86. The van der Waals surface area contributed by atoms with Crippen LogP contribution < -0.4 is 0 Å². The van der Waals surface area contributed by atoms with Gasteiger partial charge in [-0.3, -0.25) is 4.99 Å². The SMILES string of the molecule is C=CC1=CCC(=C)C=C1N=CC. The van der Waals surface area contributed by atoms with E-state index in [1.54, 1.807) is 6.21 Å². The van der Waals surface area contributed by atoms with Gasteiger partial charge < -0.3 is 0 Å². The Labute approximate surface area is 73.5 Å². The molecule has 0 aliphatic heterocycles. The Morgan fingerprint density at radius 3 is 2.92 bits per heavy atom. The fourth-order valence-corrected chi connectivity index (χ4v) is 1.12. The van der Waals surface area contributed by atoms with E-state index in [-0.39, 0.29) is 0 Å². The van der Waals surface area contributed by atoms with Gasteiger partial charge >= 0.3 is 0 Å². The Morgan fingerprint density at radius 1 is 1.58 bits per heavy atom. The van der Waals surface area contributed by atoms with Gasteiger partial charge in [-0.25, -0.2) is 0 Å². The number of allylic oxidation sites excluding steroid dienone is 4. The van der Waals surface area contributed by atoms with Gasteiger partial charge in [0.15, 0.2) is 0 Å². The van der Waals surface area contributed by atoms with Crippen molar-refractivity contribution < 1.29 is 0 Å². The molecule has 1 nitrogen and oxygen atoms in total. The van der Waals surface area contributed by atoms with E-state index in [4.69, 9.17) is 0 Å². The highest BCUT2D eigenvalue weighted by Gasteiger charge is 2.04. The molecular weight excluding hydrogens is 146 g/mol. The Hall–Kier alpha value is -1.37. The zero-order valence-corrected chi connectivity index (χ0v) is 7.38. The Balaban J connectivity index is 2.97. The molecule has 0 spiro atoms. The third-order valence-corrected chi connectivity index (χ3v) is 1.71. The van der Waals surface area contributed by atoms with Gasteiger partial charge in [-0.15, -0.1) is 0 Å². The van der Waals surface area contributed by atoms with E-state index >= 15 is 0 Å². The Morgan fingerprint density at radius 2 is 2.33 bits per heavy atom. The van der Waals surface area contributed by atoms with Crippen LogP contribution in [0.5, 0.6) is 0 Å². The maximum atomic E-state index is 4.22. The van der Waals surface area contributed by atoms with E-state index in [0.717, 1.165) is 23.3 Å².